The summed E-state index contributed by atoms with van der Waals surface area (Å²) in [7, 11) is 6.44. The lowest BCUT2D eigenvalue weighted by Gasteiger charge is -2.31. The second kappa shape index (κ2) is 23.5. The van der Waals surface area contributed by atoms with Crippen LogP contribution in [0.5, 0.6) is 0 Å². The van der Waals surface area contributed by atoms with E-state index in [2.05, 4.69) is 96.6 Å². The highest BCUT2D eigenvalue weighted by Gasteiger charge is 2.61. The number of rotatable bonds is 10. The monoisotopic (exact) mass is 1300 g/mol. The van der Waals surface area contributed by atoms with Gasteiger partial charge in [-0.3, -0.25) is 18.7 Å². The number of esters is 4. The normalized spacial score (nSPS) is 28.1. The second-order valence-corrected chi connectivity index (χ2v) is 26.7. The third-order valence-electron chi connectivity index (χ3n) is 21.8. The summed E-state index contributed by atoms with van der Waals surface area (Å²) < 4.78 is 81.8. The first-order valence-electron chi connectivity index (χ1n) is 31.3. The Hall–Kier alpha value is -8.10. The van der Waals surface area contributed by atoms with Crippen molar-refractivity contribution in [2.45, 2.75) is 138 Å². The molecular formula is C70H70Cl2F4N8O8. The lowest BCUT2D eigenvalue weighted by molar-refractivity contribution is -0.0367. The van der Waals surface area contributed by atoms with Gasteiger partial charge in [-0.25, -0.2) is 36.7 Å². The minimum Gasteiger partial charge on any atom is -0.450 e. The quantitative estimate of drug-likeness (QED) is 0.0720. The largest absolute Gasteiger partial charge is 0.450 e. The zero-order valence-corrected chi connectivity index (χ0v) is 53.6. The first-order valence-corrected chi connectivity index (χ1v) is 32.0. The number of carbonyl (C=O) groups excluding carboxylic acids is 4. The number of hydrogen-bond acceptors (Lipinski definition) is 12. The van der Waals surface area contributed by atoms with Crippen LogP contribution < -0.4 is 0 Å². The Kier molecular flexibility index (Phi) is 16.0. The molecule has 480 valence electrons. The smallest absolute Gasteiger partial charge is 0.343 e. The maximum Gasteiger partial charge on any atom is 0.343 e. The number of halogens is 6. The molecule has 0 N–H and O–H groups in total. The molecule has 4 aromatic carbocycles. The van der Waals surface area contributed by atoms with Crippen LogP contribution in [0.25, 0.3) is 0 Å². The average Bonchev–Trinajstić information content (AvgIpc) is 1.58. The van der Waals surface area contributed by atoms with Crippen LogP contribution in [0.1, 0.15) is 213 Å². The molecule has 0 amide bonds. The number of alkyl halides is 4. The van der Waals surface area contributed by atoms with E-state index in [4.69, 9.17) is 42.1 Å². The van der Waals surface area contributed by atoms with Crippen molar-refractivity contribution in [3.8, 4) is 0 Å². The van der Waals surface area contributed by atoms with Crippen LogP contribution in [0, 0.1) is 23.7 Å². The molecule has 4 saturated carbocycles. The van der Waals surface area contributed by atoms with Crippen molar-refractivity contribution in [1.82, 2.24) is 39.1 Å². The van der Waals surface area contributed by atoms with E-state index in [0.29, 0.717) is 56.9 Å². The number of fused-ring (bicyclic) bond motifs is 20. The molecule has 0 saturated heterocycles. The standard InChI is InChI=1S/2C18H18F2N2O2.2C17H17ClN2O2/c2*1-10-11-7-8-18(10,14-6-4-3-5-12(11)14)24-17(23)13-9-22(2)21-15(13)16(19)20;2*1-10-11-7-8-17(10,14-6-4-3-5-12(11)14)22-16(21)13-9-19-20(2)15(13)18/h2*3-6,9-11,16H,7-8H2,1-2H3;2*3-6,9-11H,7-8H2,1-2H3. The van der Waals surface area contributed by atoms with Gasteiger partial charge in [0.15, 0.2) is 0 Å². The van der Waals surface area contributed by atoms with E-state index < -0.39 is 58.6 Å². The molecule has 8 aliphatic carbocycles. The van der Waals surface area contributed by atoms with Gasteiger partial charge in [0.05, 0.1) is 12.4 Å². The Balaban J connectivity index is 0.000000112. The molecule has 0 spiro atoms. The summed E-state index contributed by atoms with van der Waals surface area (Å²) in [5, 5.41) is 16.1. The van der Waals surface area contributed by atoms with E-state index in [0.717, 1.165) is 73.6 Å². The van der Waals surface area contributed by atoms with Crippen LogP contribution in [0.3, 0.4) is 0 Å². The van der Waals surface area contributed by atoms with Crippen molar-refractivity contribution >= 4 is 47.1 Å². The van der Waals surface area contributed by atoms with Crippen molar-refractivity contribution in [3.05, 3.63) is 210 Å². The zero-order valence-electron chi connectivity index (χ0n) is 52.1. The van der Waals surface area contributed by atoms with Crippen LogP contribution in [-0.2, 0) is 69.5 Å². The minimum atomic E-state index is -2.81. The number of ether oxygens (including phenoxy) is 4. The van der Waals surface area contributed by atoms with Gasteiger partial charge in [0, 0.05) is 64.3 Å². The number of benzene rings is 4. The Morgan fingerprint density at radius 1 is 0.435 bits per heavy atom. The number of nitrogens with zero attached hydrogens (tertiary/aromatic N) is 8. The van der Waals surface area contributed by atoms with Gasteiger partial charge in [0.2, 0.25) is 0 Å². The van der Waals surface area contributed by atoms with Crippen molar-refractivity contribution < 1.29 is 55.7 Å². The third kappa shape index (κ3) is 9.80. The van der Waals surface area contributed by atoms with Gasteiger partial charge in [-0.05, 0) is 120 Å². The highest BCUT2D eigenvalue weighted by atomic mass is 35.5. The number of carbonyl (C=O) groups is 4. The summed E-state index contributed by atoms with van der Waals surface area (Å²) in [5.74, 6) is 0.344. The van der Waals surface area contributed by atoms with E-state index >= 15 is 0 Å². The van der Waals surface area contributed by atoms with Crippen LogP contribution >= 0.6 is 23.2 Å². The first kappa shape index (κ1) is 62.7. The van der Waals surface area contributed by atoms with Crippen LogP contribution in [0.2, 0.25) is 10.3 Å². The van der Waals surface area contributed by atoms with E-state index in [9.17, 15) is 36.7 Å². The molecule has 12 atom stereocenters. The predicted molar refractivity (Wildman–Crippen MR) is 331 cm³/mol. The molecule has 4 fully saturated rings. The van der Waals surface area contributed by atoms with E-state index in [1.807, 2.05) is 48.5 Å². The fraction of sp³-hybridized carbons (Fsp3) is 0.429. The van der Waals surface area contributed by atoms with E-state index in [1.54, 1.807) is 14.1 Å². The Morgan fingerprint density at radius 3 is 0.924 bits per heavy atom. The number of aryl methyl sites for hydroxylation is 4. The molecule has 8 aromatic rings. The highest BCUT2D eigenvalue weighted by Crippen LogP contribution is 2.65. The summed E-state index contributed by atoms with van der Waals surface area (Å²) in [5.41, 5.74) is 6.29. The molecule has 8 bridgehead atoms. The topological polar surface area (TPSA) is 176 Å². The van der Waals surface area contributed by atoms with Crippen molar-refractivity contribution in [2.24, 2.45) is 51.9 Å². The van der Waals surface area contributed by atoms with Gasteiger partial charge in [0.25, 0.3) is 12.9 Å². The highest BCUT2D eigenvalue weighted by molar-refractivity contribution is 6.33. The van der Waals surface area contributed by atoms with E-state index in [1.165, 1.54) is 79.9 Å². The lowest BCUT2D eigenvalue weighted by atomic mass is 9.88. The molecule has 12 unspecified atom stereocenters. The fourth-order valence-electron chi connectivity index (χ4n) is 17.2. The van der Waals surface area contributed by atoms with E-state index in [-0.39, 0.29) is 34.9 Å². The maximum absolute atomic E-state index is 13.1. The first-order chi connectivity index (χ1) is 44.0. The van der Waals surface area contributed by atoms with Gasteiger partial charge in [-0.1, -0.05) is 148 Å². The summed E-state index contributed by atoms with van der Waals surface area (Å²) in [6.45, 7) is 8.50. The minimum absolute atomic E-state index is 0.144. The van der Waals surface area contributed by atoms with Crippen molar-refractivity contribution in [1.29, 1.82) is 0 Å². The Labute approximate surface area is 539 Å². The van der Waals surface area contributed by atoms with Crippen LogP contribution in [0.15, 0.2) is 122 Å². The zero-order chi connectivity index (χ0) is 65.1. The van der Waals surface area contributed by atoms with Gasteiger partial charge >= 0.3 is 23.9 Å². The van der Waals surface area contributed by atoms with Gasteiger partial charge < -0.3 is 18.9 Å². The molecule has 0 aliphatic heterocycles. The van der Waals surface area contributed by atoms with Crippen molar-refractivity contribution in [3.63, 3.8) is 0 Å². The fourth-order valence-corrected chi connectivity index (χ4v) is 17.5. The van der Waals surface area contributed by atoms with Gasteiger partial charge in [0.1, 0.15) is 66.4 Å². The summed E-state index contributed by atoms with van der Waals surface area (Å²) in [6.07, 6.45) is 7.15. The van der Waals surface area contributed by atoms with Gasteiger partial charge in [-0.2, -0.15) is 20.4 Å². The molecular weight excluding hydrogens is 1230 g/mol. The number of hydrogen-bond donors (Lipinski definition) is 0. The summed E-state index contributed by atoms with van der Waals surface area (Å²) >= 11 is 12.2. The molecule has 8 aliphatic rings. The molecule has 92 heavy (non-hydrogen) atoms. The maximum atomic E-state index is 13.1. The average molecular weight is 1300 g/mol. The molecule has 16 rings (SSSR count). The molecule has 0 radical (unpaired) electrons. The van der Waals surface area contributed by atoms with Crippen molar-refractivity contribution in [2.75, 3.05) is 0 Å². The molecule has 22 heteroatoms. The summed E-state index contributed by atoms with van der Waals surface area (Å²) in [4.78, 5) is 50.6. The predicted octanol–water partition coefficient (Wildman–Crippen LogP) is 15.2. The molecule has 4 aromatic heterocycles. The molecule has 16 nitrogen and oxygen atoms in total. The van der Waals surface area contributed by atoms with Crippen LogP contribution in [0.4, 0.5) is 17.6 Å². The number of aromatic nitrogens is 8. The lowest BCUT2D eigenvalue weighted by Crippen LogP contribution is -2.33. The summed E-state index contributed by atoms with van der Waals surface area (Å²) in [6, 6.07) is 32.5. The van der Waals surface area contributed by atoms with Gasteiger partial charge in [-0.15, -0.1) is 0 Å². The Bertz CT molecular complexity index is 3980. The Morgan fingerprint density at radius 2 is 0.685 bits per heavy atom. The van der Waals surface area contributed by atoms with Crippen LogP contribution in [-0.4, -0.2) is 63.0 Å². The SMILES string of the molecule is CC1C2CCC1(OC(=O)c1cn(C)nc1C(F)F)c1ccccc12.CC1C2CCC1(OC(=O)c1cn(C)nc1C(F)F)c1ccccc12.CC1C2CCC1(OC(=O)c1cnn(C)c1Cl)c1ccccc12.CC1C2CCC1(OC(=O)c1cnn(C)c1Cl)c1ccccc12. The second-order valence-electron chi connectivity index (χ2n) is 26.0. The molecule has 4 heterocycles. The third-order valence-corrected chi connectivity index (χ3v) is 22.7.